The average molecular weight is 444 g/mol. The molecule has 0 radical (unpaired) electrons. The largest absolute Gasteiger partial charge is 0.251 e. The number of hydrogen-bond acceptors (Lipinski definition) is 5. The van der Waals surface area contributed by atoms with Crippen LogP contribution in [0.3, 0.4) is 0 Å². The summed E-state index contributed by atoms with van der Waals surface area (Å²) in [4.78, 5) is 4.38. The Kier molecular flexibility index (Phi) is 6.57. The fraction of sp³-hybridized carbons (Fsp3) is 0.316. The van der Waals surface area contributed by atoms with E-state index >= 15 is 0 Å². The highest BCUT2D eigenvalue weighted by Crippen LogP contribution is 2.35. The van der Waals surface area contributed by atoms with Crippen LogP contribution in [0, 0.1) is 11.6 Å². The Morgan fingerprint density at radius 3 is 2.61 bits per heavy atom. The first-order chi connectivity index (χ1) is 13.2. The second-order valence-electron chi connectivity index (χ2n) is 6.53. The molecule has 0 N–H and O–H groups in total. The number of nitrogens with zero attached hydrogens (tertiary/aromatic N) is 1. The first-order valence-corrected chi connectivity index (χ1v) is 12.7. The SMILES string of the molecule is CS(=O)(=O)CCCCC(c1cc(F)ccc1F)S(=O)c1nc2ccccc2s1. The minimum Gasteiger partial charge on any atom is -0.251 e. The van der Waals surface area contributed by atoms with E-state index in [0.29, 0.717) is 22.7 Å². The molecule has 2 unspecified atom stereocenters. The smallest absolute Gasteiger partial charge is 0.182 e. The van der Waals surface area contributed by atoms with Gasteiger partial charge in [0.2, 0.25) is 0 Å². The van der Waals surface area contributed by atoms with Gasteiger partial charge in [0, 0.05) is 17.6 Å². The molecule has 4 nitrogen and oxygen atoms in total. The van der Waals surface area contributed by atoms with Crippen molar-refractivity contribution in [1.29, 1.82) is 0 Å². The fourth-order valence-corrected chi connectivity index (χ4v) is 6.49. The van der Waals surface area contributed by atoms with Crippen LogP contribution >= 0.6 is 11.3 Å². The van der Waals surface area contributed by atoms with E-state index in [4.69, 9.17) is 0 Å². The third kappa shape index (κ3) is 5.21. The molecule has 9 heteroatoms. The number of unbranched alkanes of at least 4 members (excludes halogenated alkanes) is 1. The van der Waals surface area contributed by atoms with Gasteiger partial charge in [0.15, 0.2) is 4.34 Å². The molecule has 0 aliphatic rings. The van der Waals surface area contributed by atoms with Crippen LogP contribution in [0.4, 0.5) is 8.78 Å². The first-order valence-electron chi connectivity index (χ1n) is 8.63. The molecule has 2 atom stereocenters. The van der Waals surface area contributed by atoms with E-state index in [1.54, 1.807) is 6.07 Å². The summed E-state index contributed by atoms with van der Waals surface area (Å²) >= 11 is 1.26. The van der Waals surface area contributed by atoms with Crippen molar-refractivity contribution in [3.8, 4) is 0 Å². The van der Waals surface area contributed by atoms with Gasteiger partial charge < -0.3 is 0 Å². The number of fused-ring (bicyclic) bond motifs is 1. The minimum atomic E-state index is -3.11. The number of hydrogen-bond donors (Lipinski definition) is 0. The van der Waals surface area contributed by atoms with Gasteiger partial charge in [-0.1, -0.05) is 18.6 Å². The van der Waals surface area contributed by atoms with Crippen molar-refractivity contribution >= 4 is 42.2 Å². The van der Waals surface area contributed by atoms with Crippen LogP contribution in [0.15, 0.2) is 46.8 Å². The predicted molar refractivity (Wildman–Crippen MR) is 109 cm³/mol. The van der Waals surface area contributed by atoms with Gasteiger partial charge in [0.1, 0.15) is 21.5 Å². The lowest BCUT2D eigenvalue weighted by Crippen LogP contribution is -2.11. The minimum absolute atomic E-state index is 0.000868. The van der Waals surface area contributed by atoms with Crippen molar-refractivity contribution < 1.29 is 21.4 Å². The maximum Gasteiger partial charge on any atom is 0.182 e. The molecule has 1 aromatic heterocycles. The van der Waals surface area contributed by atoms with Crippen molar-refractivity contribution in [3.05, 3.63) is 59.7 Å². The fourth-order valence-electron chi connectivity index (χ4n) is 2.89. The van der Waals surface area contributed by atoms with Gasteiger partial charge in [-0.3, -0.25) is 4.21 Å². The molecular formula is C19H19F2NO3S3. The van der Waals surface area contributed by atoms with E-state index in [-0.39, 0.29) is 17.7 Å². The van der Waals surface area contributed by atoms with E-state index in [1.165, 1.54) is 11.3 Å². The highest BCUT2D eigenvalue weighted by molar-refractivity contribution is 7.90. The van der Waals surface area contributed by atoms with Gasteiger partial charge in [-0.2, -0.15) is 0 Å². The maximum atomic E-state index is 14.4. The van der Waals surface area contributed by atoms with Gasteiger partial charge in [0.05, 0.1) is 26.3 Å². The molecule has 2 aromatic carbocycles. The van der Waals surface area contributed by atoms with Crippen LogP contribution in [-0.2, 0) is 20.6 Å². The number of thiazole rings is 1. The van der Waals surface area contributed by atoms with Gasteiger partial charge in [-0.15, -0.1) is 11.3 Å². The number of benzene rings is 2. The molecule has 0 spiro atoms. The Morgan fingerprint density at radius 1 is 1.14 bits per heavy atom. The van der Waals surface area contributed by atoms with E-state index in [9.17, 15) is 21.4 Å². The van der Waals surface area contributed by atoms with Gasteiger partial charge in [0.25, 0.3) is 0 Å². The molecule has 150 valence electrons. The third-order valence-corrected chi connectivity index (χ3v) is 8.29. The number of aromatic nitrogens is 1. The van der Waals surface area contributed by atoms with Crippen LogP contribution in [0.25, 0.3) is 10.2 Å². The Morgan fingerprint density at radius 2 is 1.89 bits per heavy atom. The molecule has 0 aliphatic carbocycles. The van der Waals surface area contributed by atoms with Gasteiger partial charge in [-0.05, 0) is 43.2 Å². The van der Waals surface area contributed by atoms with Crippen LogP contribution in [0.1, 0.15) is 30.1 Å². The van der Waals surface area contributed by atoms with E-state index in [2.05, 4.69) is 4.98 Å². The number of halogens is 2. The summed E-state index contributed by atoms with van der Waals surface area (Å²) in [5.74, 6) is -1.25. The third-order valence-electron chi connectivity index (χ3n) is 4.24. The summed E-state index contributed by atoms with van der Waals surface area (Å²) in [6.45, 7) is 0. The lowest BCUT2D eigenvalue weighted by Gasteiger charge is -2.16. The average Bonchev–Trinajstić information content (AvgIpc) is 3.07. The summed E-state index contributed by atoms with van der Waals surface area (Å²) in [5, 5.41) is -0.809. The Balaban J connectivity index is 1.90. The van der Waals surface area contributed by atoms with Crippen molar-refractivity contribution in [2.24, 2.45) is 0 Å². The molecule has 0 aliphatic heterocycles. The quantitative estimate of drug-likeness (QED) is 0.476. The predicted octanol–water partition coefficient (Wildman–Crippen LogP) is 4.64. The topological polar surface area (TPSA) is 64.1 Å². The molecule has 1 heterocycles. The van der Waals surface area contributed by atoms with Gasteiger partial charge >= 0.3 is 0 Å². The van der Waals surface area contributed by atoms with E-state index in [0.717, 1.165) is 29.2 Å². The highest BCUT2D eigenvalue weighted by Gasteiger charge is 2.26. The summed E-state index contributed by atoms with van der Waals surface area (Å²) in [6, 6.07) is 10.4. The molecule has 3 aromatic rings. The highest BCUT2D eigenvalue weighted by atomic mass is 32.2. The van der Waals surface area contributed by atoms with Crippen LogP contribution < -0.4 is 0 Å². The summed E-state index contributed by atoms with van der Waals surface area (Å²) in [5.41, 5.74) is 0.725. The molecule has 0 amide bonds. The molecular weight excluding hydrogens is 424 g/mol. The summed E-state index contributed by atoms with van der Waals surface area (Å²) in [6.07, 6.45) is 2.20. The zero-order chi connectivity index (χ0) is 20.3. The van der Waals surface area contributed by atoms with Crippen LogP contribution in [0.5, 0.6) is 0 Å². The van der Waals surface area contributed by atoms with Crippen molar-refractivity contribution in [1.82, 2.24) is 4.98 Å². The molecule has 3 rings (SSSR count). The monoisotopic (exact) mass is 443 g/mol. The van der Waals surface area contributed by atoms with Crippen LogP contribution in [-0.4, -0.2) is 29.6 Å². The Hall–Kier alpha value is -1.71. The van der Waals surface area contributed by atoms with Crippen LogP contribution in [0.2, 0.25) is 0 Å². The lowest BCUT2D eigenvalue weighted by atomic mass is 10.1. The molecule has 0 saturated heterocycles. The number of para-hydroxylation sites is 1. The molecule has 28 heavy (non-hydrogen) atoms. The molecule has 0 bridgehead atoms. The Labute approximate surface area is 169 Å². The summed E-state index contributed by atoms with van der Waals surface area (Å²) in [7, 11) is -4.81. The normalized spacial score (nSPS) is 14.2. The summed E-state index contributed by atoms with van der Waals surface area (Å²) < 4.78 is 65.2. The molecule has 0 saturated carbocycles. The zero-order valence-electron chi connectivity index (χ0n) is 15.1. The van der Waals surface area contributed by atoms with Crippen molar-refractivity contribution in [2.75, 3.05) is 12.0 Å². The second kappa shape index (κ2) is 8.75. The lowest BCUT2D eigenvalue weighted by molar-refractivity contribution is 0.566. The van der Waals surface area contributed by atoms with Crippen molar-refractivity contribution in [2.45, 2.75) is 28.9 Å². The van der Waals surface area contributed by atoms with E-state index in [1.807, 2.05) is 18.2 Å². The first kappa shape index (κ1) is 21.0. The standard InChI is InChI=1S/C19H19F2NO3S3/c1-28(24,25)11-5-4-8-18(14-12-13(20)9-10-15(14)21)27(23)19-22-16-6-2-3-7-17(16)26-19/h2-3,6-7,9-10,12,18H,4-5,8,11H2,1H3. The van der Waals surface area contributed by atoms with Gasteiger partial charge in [-0.25, -0.2) is 22.2 Å². The van der Waals surface area contributed by atoms with E-state index < -0.39 is 37.5 Å². The number of sulfone groups is 1. The van der Waals surface area contributed by atoms with Crippen molar-refractivity contribution in [3.63, 3.8) is 0 Å². The molecule has 0 fully saturated rings. The Bertz CT molecular complexity index is 1080. The zero-order valence-corrected chi connectivity index (χ0v) is 17.5. The second-order valence-corrected chi connectivity index (χ2v) is 11.6. The maximum absolute atomic E-state index is 14.4. The number of rotatable bonds is 8.